The SMILES string of the molecule is C[C@H](N)CC1CCCN1C. The summed E-state index contributed by atoms with van der Waals surface area (Å²) in [4.78, 5) is 2.42. The van der Waals surface area contributed by atoms with E-state index in [9.17, 15) is 0 Å². The van der Waals surface area contributed by atoms with Crippen molar-refractivity contribution >= 4 is 0 Å². The minimum atomic E-state index is 0.366. The molecule has 0 saturated carbocycles. The molecule has 1 rings (SSSR count). The van der Waals surface area contributed by atoms with Crippen LogP contribution >= 0.6 is 0 Å². The summed E-state index contributed by atoms with van der Waals surface area (Å²) in [5.74, 6) is 0. The van der Waals surface area contributed by atoms with Gasteiger partial charge in [-0.3, -0.25) is 0 Å². The zero-order valence-corrected chi connectivity index (χ0v) is 7.01. The number of rotatable bonds is 2. The first-order chi connectivity index (χ1) is 4.70. The fourth-order valence-electron chi connectivity index (χ4n) is 1.71. The molecule has 0 aromatic carbocycles. The summed E-state index contributed by atoms with van der Waals surface area (Å²) < 4.78 is 0. The number of hydrogen-bond donors (Lipinski definition) is 1. The van der Waals surface area contributed by atoms with Crippen LogP contribution < -0.4 is 5.73 Å². The minimum Gasteiger partial charge on any atom is -0.328 e. The van der Waals surface area contributed by atoms with E-state index in [1.807, 2.05) is 0 Å². The van der Waals surface area contributed by atoms with Crippen LogP contribution in [0.4, 0.5) is 0 Å². The minimum absolute atomic E-state index is 0.366. The maximum atomic E-state index is 5.71. The molecule has 1 heterocycles. The molecular weight excluding hydrogens is 124 g/mol. The molecule has 0 aromatic heterocycles. The van der Waals surface area contributed by atoms with E-state index < -0.39 is 0 Å². The predicted octanol–water partition coefficient (Wildman–Crippen LogP) is 0.818. The average molecular weight is 142 g/mol. The van der Waals surface area contributed by atoms with Crippen LogP contribution in [0.25, 0.3) is 0 Å². The van der Waals surface area contributed by atoms with E-state index in [0.717, 1.165) is 12.5 Å². The fourth-order valence-corrected chi connectivity index (χ4v) is 1.71. The lowest BCUT2D eigenvalue weighted by Crippen LogP contribution is -2.31. The standard InChI is InChI=1S/C8H18N2/c1-7(9)6-8-4-3-5-10(8)2/h7-8H,3-6,9H2,1-2H3/t7-,8?/m0/s1. The lowest BCUT2D eigenvalue weighted by Gasteiger charge is -2.20. The van der Waals surface area contributed by atoms with Crippen molar-refractivity contribution in [3.8, 4) is 0 Å². The first-order valence-electron chi connectivity index (χ1n) is 4.16. The third-order valence-corrected chi connectivity index (χ3v) is 2.32. The van der Waals surface area contributed by atoms with Crippen molar-refractivity contribution in [2.24, 2.45) is 5.73 Å². The predicted molar refractivity (Wildman–Crippen MR) is 43.9 cm³/mol. The summed E-state index contributed by atoms with van der Waals surface area (Å²) in [5, 5.41) is 0. The van der Waals surface area contributed by atoms with Crippen LogP contribution in [0.15, 0.2) is 0 Å². The van der Waals surface area contributed by atoms with Crippen LogP contribution in [0.1, 0.15) is 26.2 Å². The topological polar surface area (TPSA) is 29.3 Å². The first kappa shape index (κ1) is 8.02. The van der Waals surface area contributed by atoms with E-state index in [4.69, 9.17) is 5.73 Å². The van der Waals surface area contributed by atoms with Crippen LogP contribution in [0.5, 0.6) is 0 Å². The molecule has 1 aliphatic rings. The molecule has 0 aliphatic carbocycles. The normalized spacial score (nSPS) is 30.9. The quantitative estimate of drug-likeness (QED) is 0.618. The summed E-state index contributed by atoms with van der Waals surface area (Å²) in [6.07, 6.45) is 3.86. The van der Waals surface area contributed by atoms with E-state index >= 15 is 0 Å². The van der Waals surface area contributed by atoms with Crippen molar-refractivity contribution in [1.29, 1.82) is 0 Å². The Morgan fingerprint density at radius 3 is 2.80 bits per heavy atom. The molecule has 1 saturated heterocycles. The maximum Gasteiger partial charge on any atom is 0.0107 e. The summed E-state index contributed by atoms with van der Waals surface area (Å²) in [6.45, 7) is 3.35. The third kappa shape index (κ3) is 1.96. The average Bonchev–Trinajstić information content (AvgIpc) is 2.15. The Hall–Kier alpha value is -0.0800. The van der Waals surface area contributed by atoms with Gasteiger partial charge in [-0.2, -0.15) is 0 Å². The molecule has 2 nitrogen and oxygen atoms in total. The summed E-state index contributed by atoms with van der Waals surface area (Å²) in [7, 11) is 2.19. The number of likely N-dealkylation sites (tertiary alicyclic amines) is 1. The molecule has 2 atom stereocenters. The smallest absolute Gasteiger partial charge is 0.0107 e. The van der Waals surface area contributed by atoms with Gasteiger partial charge in [-0.1, -0.05) is 0 Å². The van der Waals surface area contributed by atoms with E-state index in [0.29, 0.717) is 6.04 Å². The van der Waals surface area contributed by atoms with Gasteiger partial charge in [0.2, 0.25) is 0 Å². The fraction of sp³-hybridized carbons (Fsp3) is 1.00. The molecule has 60 valence electrons. The second kappa shape index (κ2) is 3.35. The largest absolute Gasteiger partial charge is 0.328 e. The van der Waals surface area contributed by atoms with Crippen LogP contribution in [0.2, 0.25) is 0 Å². The molecule has 1 aliphatic heterocycles. The Balaban J connectivity index is 2.26. The van der Waals surface area contributed by atoms with Crippen molar-refractivity contribution in [3.05, 3.63) is 0 Å². The lowest BCUT2D eigenvalue weighted by molar-refractivity contribution is 0.285. The zero-order valence-electron chi connectivity index (χ0n) is 7.01. The molecule has 1 unspecified atom stereocenters. The Kier molecular flexibility index (Phi) is 2.69. The first-order valence-corrected chi connectivity index (χ1v) is 4.16. The molecule has 2 heteroatoms. The molecule has 0 spiro atoms. The highest BCUT2D eigenvalue weighted by Crippen LogP contribution is 2.18. The van der Waals surface area contributed by atoms with Gasteiger partial charge < -0.3 is 10.6 Å². The van der Waals surface area contributed by atoms with Crippen LogP contribution in [0.3, 0.4) is 0 Å². The van der Waals surface area contributed by atoms with Gasteiger partial charge in [0.15, 0.2) is 0 Å². The van der Waals surface area contributed by atoms with Gasteiger partial charge in [0.1, 0.15) is 0 Å². The van der Waals surface area contributed by atoms with Crippen molar-refractivity contribution in [1.82, 2.24) is 4.90 Å². The van der Waals surface area contributed by atoms with Crippen molar-refractivity contribution in [2.45, 2.75) is 38.3 Å². The van der Waals surface area contributed by atoms with E-state index in [1.165, 1.54) is 19.4 Å². The van der Waals surface area contributed by atoms with Crippen LogP contribution in [0, 0.1) is 0 Å². The summed E-state index contributed by atoms with van der Waals surface area (Å²) in [6, 6.07) is 1.13. The van der Waals surface area contributed by atoms with E-state index in [2.05, 4.69) is 18.9 Å². The maximum absolute atomic E-state index is 5.71. The zero-order chi connectivity index (χ0) is 7.56. The van der Waals surface area contributed by atoms with Crippen LogP contribution in [-0.2, 0) is 0 Å². The Morgan fingerprint density at radius 1 is 1.70 bits per heavy atom. The summed E-state index contributed by atoms with van der Waals surface area (Å²) >= 11 is 0. The lowest BCUT2D eigenvalue weighted by atomic mass is 10.1. The van der Waals surface area contributed by atoms with Crippen LogP contribution in [-0.4, -0.2) is 30.6 Å². The molecule has 10 heavy (non-hydrogen) atoms. The third-order valence-electron chi connectivity index (χ3n) is 2.32. The molecule has 0 aromatic rings. The molecule has 2 N–H and O–H groups in total. The Bertz CT molecular complexity index is 101. The van der Waals surface area contributed by atoms with Crippen molar-refractivity contribution < 1.29 is 0 Å². The van der Waals surface area contributed by atoms with E-state index in [1.54, 1.807) is 0 Å². The van der Waals surface area contributed by atoms with Gasteiger partial charge in [-0.25, -0.2) is 0 Å². The number of nitrogens with zero attached hydrogens (tertiary/aromatic N) is 1. The van der Waals surface area contributed by atoms with Crippen molar-refractivity contribution in [2.75, 3.05) is 13.6 Å². The molecule has 0 radical (unpaired) electrons. The van der Waals surface area contributed by atoms with Gasteiger partial charge in [-0.15, -0.1) is 0 Å². The molecule has 0 amide bonds. The van der Waals surface area contributed by atoms with Gasteiger partial charge in [0.25, 0.3) is 0 Å². The molecular formula is C8H18N2. The van der Waals surface area contributed by atoms with Gasteiger partial charge in [0, 0.05) is 12.1 Å². The number of hydrogen-bond acceptors (Lipinski definition) is 2. The summed E-state index contributed by atoms with van der Waals surface area (Å²) in [5.41, 5.74) is 5.71. The highest BCUT2D eigenvalue weighted by Gasteiger charge is 2.21. The highest BCUT2D eigenvalue weighted by atomic mass is 15.1. The molecule has 0 bridgehead atoms. The Morgan fingerprint density at radius 2 is 2.40 bits per heavy atom. The second-order valence-corrected chi connectivity index (χ2v) is 3.49. The van der Waals surface area contributed by atoms with E-state index in [-0.39, 0.29) is 0 Å². The second-order valence-electron chi connectivity index (χ2n) is 3.49. The van der Waals surface area contributed by atoms with Gasteiger partial charge in [0.05, 0.1) is 0 Å². The number of nitrogens with two attached hydrogens (primary N) is 1. The van der Waals surface area contributed by atoms with Gasteiger partial charge >= 0.3 is 0 Å². The highest BCUT2D eigenvalue weighted by molar-refractivity contribution is 4.78. The monoisotopic (exact) mass is 142 g/mol. The Labute approximate surface area is 63.4 Å². The molecule has 1 fully saturated rings. The van der Waals surface area contributed by atoms with Gasteiger partial charge in [-0.05, 0) is 39.8 Å². The van der Waals surface area contributed by atoms with Crippen molar-refractivity contribution in [3.63, 3.8) is 0 Å².